The number of nitrogens with two attached hydrogens (primary N) is 1. The van der Waals surface area contributed by atoms with E-state index in [4.69, 9.17) is 5.73 Å². The molecule has 2 N–H and O–H groups in total. The maximum Gasteiger partial charge on any atom is 0.272 e. The van der Waals surface area contributed by atoms with E-state index in [9.17, 15) is 4.79 Å². The van der Waals surface area contributed by atoms with Crippen LogP contribution in [-0.2, 0) is 13.6 Å². The minimum atomic E-state index is -0.0417. The number of carbonyl (C=O) groups is 1. The van der Waals surface area contributed by atoms with E-state index >= 15 is 0 Å². The highest BCUT2D eigenvalue weighted by molar-refractivity contribution is 5.92. The van der Waals surface area contributed by atoms with Gasteiger partial charge in [-0.2, -0.15) is 5.10 Å². The minimum Gasteiger partial charge on any atom is -0.399 e. The number of anilines is 1. The Balaban J connectivity index is 2.11. The third-order valence-corrected chi connectivity index (χ3v) is 2.97. The molecule has 1 amide bonds. The molecule has 0 aliphatic heterocycles. The van der Waals surface area contributed by atoms with Gasteiger partial charge in [0.15, 0.2) is 0 Å². The van der Waals surface area contributed by atoms with Crippen LogP contribution in [0.1, 0.15) is 21.7 Å². The summed E-state index contributed by atoms with van der Waals surface area (Å²) in [4.78, 5) is 14.0. The molecule has 2 rings (SSSR count). The zero-order valence-corrected chi connectivity index (χ0v) is 11.4. The lowest BCUT2D eigenvalue weighted by Crippen LogP contribution is -2.28. The molecule has 100 valence electrons. The molecule has 0 saturated carbocycles. The molecule has 1 aromatic heterocycles. The van der Waals surface area contributed by atoms with Gasteiger partial charge in [-0.3, -0.25) is 9.48 Å². The zero-order chi connectivity index (χ0) is 14.0. The van der Waals surface area contributed by atoms with Crippen molar-refractivity contribution in [1.82, 2.24) is 14.7 Å². The molecular weight excluding hydrogens is 240 g/mol. The fraction of sp³-hybridized carbons (Fsp3) is 0.286. The third kappa shape index (κ3) is 2.93. The van der Waals surface area contributed by atoms with Gasteiger partial charge < -0.3 is 10.6 Å². The van der Waals surface area contributed by atoms with Crippen molar-refractivity contribution in [1.29, 1.82) is 0 Å². The molecule has 0 spiro atoms. The monoisotopic (exact) mass is 258 g/mol. The van der Waals surface area contributed by atoms with Crippen LogP contribution in [0, 0.1) is 6.92 Å². The van der Waals surface area contributed by atoms with Crippen LogP contribution in [0.15, 0.2) is 30.3 Å². The fourth-order valence-corrected chi connectivity index (χ4v) is 1.98. The molecule has 19 heavy (non-hydrogen) atoms. The fourth-order valence-electron chi connectivity index (χ4n) is 1.98. The Bertz CT molecular complexity index is 586. The van der Waals surface area contributed by atoms with Crippen molar-refractivity contribution in [3.8, 4) is 0 Å². The summed E-state index contributed by atoms with van der Waals surface area (Å²) in [6.07, 6.45) is 0. The van der Waals surface area contributed by atoms with Gasteiger partial charge in [-0.05, 0) is 30.7 Å². The largest absolute Gasteiger partial charge is 0.399 e. The Hall–Kier alpha value is -2.30. The highest BCUT2D eigenvalue weighted by Crippen LogP contribution is 2.11. The maximum atomic E-state index is 12.3. The quantitative estimate of drug-likeness (QED) is 0.850. The second kappa shape index (κ2) is 5.14. The van der Waals surface area contributed by atoms with Crippen LogP contribution in [0.2, 0.25) is 0 Å². The van der Waals surface area contributed by atoms with Gasteiger partial charge in [-0.15, -0.1) is 0 Å². The molecule has 0 fully saturated rings. The maximum absolute atomic E-state index is 12.3. The first-order valence-corrected chi connectivity index (χ1v) is 6.08. The van der Waals surface area contributed by atoms with Crippen molar-refractivity contribution in [3.05, 3.63) is 47.3 Å². The molecule has 0 aliphatic carbocycles. The molecule has 0 radical (unpaired) electrons. The van der Waals surface area contributed by atoms with Gasteiger partial charge >= 0.3 is 0 Å². The molecule has 0 bridgehead atoms. The lowest BCUT2D eigenvalue weighted by molar-refractivity contribution is 0.0774. The topological polar surface area (TPSA) is 64.2 Å². The molecule has 5 heteroatoms. The summed E-state index contributed by atoms with van der Waals surface area (Å²) in [5.74, 6) is -0.0417. The van der Waals surface area contributed by atoms with E-state index in [1.165, 1.54) is 0 Å². The number of nitrogen functional groups attached to an aromatic ring is 1. The van der Waals surface area contributed by atoms with Crippen molar-refractivity contribution in [2.75, 3.05) is 12.8 Å². The number of aromatic nitrogens is 2. The summed E-state index contributed by atoms with van der Waals surface area (Å²) in [6.45, 7) is 2.42. The first kappa shape index (κ1) is 13.1. The Labute approximate surface area is 112 Å². The van der Waals surface area contributed by atoms with Crippen LogP contribution in [0.4, 0.5) is 5.69 Å². The van der Waals surface area contributed by atoms with E-state index < -0.39 is 0 Å². The summed E-state index contributed by atoms with van der Waals surface area (Å²) < 4.78 is 1.61. The van der Waals surface area contributed by atoms with Gasteiger partial charge in [0.1, 0.15) is 5.69 Å². The van der Waals surface area contributed by atoms with Gasteiger partial charge in [0.2, 0.25) is 0 Å². The van der Waals surface area contributed by atoms with Crippen molar-refractivity contribution >= 4 is 11.6 Å². The van der Waals surface area contributed by atoms with Crippen LogP contribution in [-0.4, -0.2) is 27.6 Å². The molecule has 2 aromatic rings. The Morgan fingerprint density at radius 2 is 2.00 bits per heavy atom. The van der Waals surface area contributed by atoms with E-state index in [0.717, 1.165) is 16.9 Å². The summed E-state index contributed by atoms with van der Waals surface area (Å²) >= 11 is 0. The SMILES string of the molecule is Cc1cc(C(=O)N(C)Cc2ccc(N)cc2)n(C)n1. The van der Waals surface area contributed by atoms with E-state index in [2.05, 4.69) is 5.10 Å². The van der Waals surface area contributed by atoms with Crippen LogP contribution in [0.3, 0.4) is 0 Å². The van der Waals surface area contributed by atoms with Gasteiger partial charge in [0.25, 0.3) is 5.91 Å². The van der Waals surface area contributed by atoms with Gasteiger partial charge in [0, 0.05) is 26.3 Å². The number of hydrogen-bond acceptors (Lipinski definition) is 3. The predicted octanol–water partition coefficient (Wildman–Crippen LogP) is 1.58. The number of rotatable bonds is 3. The Morgan fingerprint density at radius 1 is 1.37 bits per heavy atom. The molecule has 0 saturated heterocycles. The number of aryl methyl sites for hydroxylation is 2. The molecular formula is C14H18N4O. The number of benzene rings is 1. The zero-order valence-electron chi connectivity index (χ0n) is 11.4. The predicted molar refractivity (Wildman–Crippen MR) is 74.6 cm³/mol. The summed E-state index contributed by atoms with van der Waals surface area (Å²) in [5, 5.41) is 4.19. The number of amides is 1. The van der Waals surface area contributed by atoms with E-state index in [-0.39, 0.29) is 5.91 Å². The molecule has 5 nitrogen and oxygen atoms in total. The van der Waals surface area contributed by atoms with Crippen molar-refractivity contribution < 1.29 is 4.79 Å². The normalized spacial score (nSPS) is 10.5. The van der Waals surface area contributed by atoms with Crippen LogP contribution < -0.4 is 5.73 Å². The lowest BCUT2D eigenvalue weighted by atomic mass is 10.2. The summed E-state index contributed by atoms with van der Waals surface area (Å²) in [7, 11) is 3.55. The average molecular weight is 258 g/mol. The number of hydrogen-bond donors (Lipinski definition) is 1. The Kier molecular flexibility index (Phi) is 3.55. The van der Waals surface area contributed by atoms with Crippen LogP contribution >= 0.6 is 0 Å². The third-order valence-electron chi connectivity index (χ3n) is 2.97. The highest BCUT2D eigenvalue weighted by atomic mass is 16.2. The number of nitrogens with zero attached hydrogens (tertiary/aromatic N) is 3. The van der Waals surface area contributed by atoms with Crippen molar-refractivity contribution in [3.63, 3.8) is 0 Å². The Morgan fingerprint density at radius 3 is 2.53 bits per heavy atom. The van der Waals surface area contributed by atoms with Gasteiger partial charge in [-0.1, -0.05) is 12.1 Å². The average Bonchev–Trinajstić information content (AvgIpc) is 2.70. The molecule has 0 aliphatic rings. The minimum absolute atomic E-state index is 0.0417. The molecule has 1 heterocycles. The van der Waals surface area contributed by atoms with Gasteiger partial charge in [0.05, 0.1) is 5.69 Å². The smallest absolute Gasteiger partial charge is 0.272 e. The highest BCUT2D eigenvalue weighted by Gasteiger charge is 2.16. The van der Waals surface area contributed by atoms with E-state index in [1.54, 1.807) is 29.7 Å². The molecule has 1 aromatic carbocycles. The summed E-state index contributed by atoms with van der Waals surface area (Å²) in [5.41, 5.74) is 8.84. The molecule has 0 unspecified atom stereocenters. The van der Waals surface area contributed by atoms with E-state index in [1.807, 2.05) is 31.2 Å². The molecule has 0 atom stereocenters. The summed E-state index contributed by atoms with van der Waals surface area (Å²) in [6, 6.07) is 9.31. The van der Waals surface area contributed by atoms with Crippen LogP contribution in [0.25, 0.3) is 0 Å². The second-order valence-electron chi connectivity index (χ2n) is 4.70. The second-order valence-corrected chi connectivity index (χ2v) is 4.70. The standard InChI is InChI=1S/C14H18N4O/c1-10-8-13(18(3)16-10)14(19)17(2)9-11-4-6-12(15)7-5-11/h4-8H,9,15H2,1-3H3. The van der Waals surface area contributed by atoms with Crippen molar-refractivity contribution in [2.24, 2.45) is 7.05 Å². The first-order valence-electron chi connectivity index (χ1n) is 6.08. The lowest BCUT2D eigenvalue weighted by Gasteiger charge is -2.17. The first-order chi connectivity index (χ1) is 8.97. The van der Waals surface area contributed by atoms with Gasteiger partial charge in [-0.25, -0.2) is 0 Å². The van der Waals surface area contributed by atoms with Crippen molar-refractivity contribution in [2.45, 2.75) is 13.5 Å². The van der Waals surface area contributed by atoms with E-state index in [0.29, 0.717) is 12.2 Å². The number of carbonyl (C=O) groups excluding carboxylic acids is 1. The van der Waals surface area contributed by atoms with Crippen LogP contribution in [0.5, 0.6) is 0 Å².